The van der Waals surface area contributed by atoms with Gasteiger partial charge in [-0.25, -0.2) is 14.1 Å². The molecule has 0 amide bonds. The van der Waals surface area contributed by atoms with Crippen LogP contribution in [-0.4, -0.2) is 31.1 Å². The summed E-state index contributed by atoms with van der Waals surface area (Å²) in [7, 11) is 0. The molecule has 1 aromatic carbocycles. The number of rotatable bonds is 6. The second-order valence-corrected chi connectivity index (χ2v) is 5.08. The lowest BCUT2D eigenvalue weighted by Crippen LogP contribution is -2.19. The molecule has 22 heavy (non-hydrogen) atoms. The summed E-state index contributed by atoms with van der Waals surface area (Å²) in [5.74, 6) is -0.312. The van der Waals surface area contributed by atoms with E-state index in [2.05, 4.69) is 20.5 Å². The van der Waals surface area contributed by atoms with E-state index in [-0.39, 0.29) is 5.82 Å². The Labute approximate surface area is 127 Å². The minimum absolute atomic E-state index is 0.312. The fraction of sp³-hybridized carbons (Fsp3) is 0.267. The van der Waals surface area contributed by atoms with E-state index in [4.69, 9.17) is 0 Å². The number of hydrogen-bond acceptors (Lipinski definition) is 4. The van der Waals surface area contributed by atoms with Crippen molar-refractivity contribution in [2.45, 2.75) is 20.0 Å². The number of aryl methyl sites for hydroxylation is 1. The van der Waals surface area contributed by atoms with E-state index in [9.17, 15) is 4.39 Å². The molecular formula is C15H17FN6. The van der Waals surface area contributed by atoms with Crippen molar-refractivity contribution < 1.29 is 4.39 Å². The Hall–Kier alpha value is -2.54. The number of nitrogens with one attached hydrogen (secondary N) is 1. The second kappa shape index (κ2) is 6.48. The summed E-state index contributed by atoms with van der Waals surface area (Å²) < 4.78 is 17.4. The third-order valence-electron chi connectivity index (χ3n) is 3.29. The van der Waals surface area contributed by atoms with Crippen LogP contribution in [0.4, 0.5) is 4.39 Å². The van der Waals surface area contributed by atoms with Crippen molar-refractivity contribution >= 4 is 0 Å². The Morgan fingerprint density at radius 3 is 2.86 bits per heavy atom. The Bertz CT molecular complexity index is 734. The van der Waals surface area contributed by atoms with Gasteiger partial charge in [-0.1, -0.05) is 6.07 Å². The molecule has 0 radical (unpaired) electrons. The number of hydrogen-bond donors (Lipinski definition) is 1. The van der Waals surface area contributed by atoms with Gasteiger partial charge in [-0.05, 0) is 30.2 Å². The van der Waals surface area contributed by atoms with Crippen LogP contribution >= 0.6 is 0 Å². The van der Waals surface area contributed by atoms with Crippen molar-refractivity contribution in [1.82, 2.24) is 29.9 Å². The molecule has 0 unspecified atom stereocenters. The maximum absolute atomic E-state index is 14.1. The topological polar surface area (TPSA) is 60.6 Å². The van der Waals surface area contributed by atoms with Gasteiger partial charge in [-0.15, -0.1) is 0 Å². The maximum atomic E-state index is 14.1. The van der Waals surface area contributed by atoms with Gasteiger partial charge in [0, 0.05) is 19.3 Å². The predicted octanol–water partition coefficient (Wildman–Crippen LogP) is 1.70. The van der Waals surface area contributed by atoms with Crippen molar-refractivity contribution in [2.75, 3.05) is 6.54 Å². The first-order valence-corrected chi connectivity index (χ1v) is 7.05. The van der Waals surface area contributed by atoms with E-state index >= 15 is 0 Å². The zero-order chi connectivity index (χ0) is 15.4. The van der Waals surface area contributed by atoms with Crippen LogP contribution in [0.25, 0.3) is 5.69 Å². The Balaban J connectivity index is 1.54. The number of halogens is 1. The molecule has 0 bridgehead atoms. The van der Waals surface area contributed by atoms with Gasteiger partial charge in [0.05, 0.1) is 12.7 Å². The van der Waals surface area contributed by atoms with Gasteiger partial charge < -0.3 is 5.32 Å². The maximum Gasteiger partial charge on any atom is 0.149 e. The standard InChI is InChI=1S/C15H17FN6/c1-12-7-19-21(9-12)5-4-17-8-13-2-3-15(14(16)6-13)22-11-18-10-20-22/h2-3,6-7,9-11,17H,4-5,8H2,1H3. The van der Waals surface area contributed by atoms with E-state index in [1.807, 2.05) is 30.1 Å². The molecule has 2 heterocycles. The molecule has 0 saturated heterocycles. The van der Waals surface area contributed by atoms with Gasteiger partial charge in [0.2, 0.25) is 0 Å². The smallest absolute Gasteiger partial charge is 0.149 e. The zero-order valence-electron chi connectivity index (χ0n) is 12.3. The van der Waals surface area contributed by atoms with Gasteiger partial charge in [-0.2, -0.15) is 10.2 Å². The largest absolute Gasteiger partial charge is 0.311 e. The van der Waals surface area contributed by atoms with E-state index in [1.165, 1.54) is 23.4 Å². The first-order valence-electron chi connectivity index (χ1n) is 7.05. The molecular weight excluding hydrogens is 283 g/mol. The number of aromatic nitrogens is 5. The fourth-order valence-electron chi connectivity index (χ4n) is 2.19. The average Bonchev–Trinajstić information content (AvgIpc) is 3.15. The first-order chi connectivity index (χ1) is 10.7. The van der Waals surface area contributed by atoms with Crippen LogP contribution in [0.5, 0.6) is 0 Å². The molecule has 0 spiro atoms. The van der Waals surface area contributed by atoms with Gasteiger partial charge in [-0.3, -0.25) is 4.68 Å². The SMILES string of the molecule is Cc1cnn(CCNCc2ccc(-n3cncn3)c(F)c2)c1. The lowest BCUT2D eigenvalue weighted by atomic mass is 10.2. The van der Waals surface area contributed by atoms with Crippen LogP contribution in [0.2, 0.25) is 0 Å². The highest BCUT2D eigenvalue weighted by atomic mass is 19.1. The zero-order valence-corrected chi connectivity index (χ0v) is 12.3. The summed E-state index contributed by atoms with van der Waals surface area (Å²) in [4.78, 5) is 3.82. The molecule has 3 rings (SSSR count). The molecule has 0 saturated carbocycles. The Morgan fingerprint density at radius 1 is 1.27 bits per heavy atom. The van der Waals surface area contributed by atoms with Crippen molar-refractivity contribution in [3.05, 3.63) is 60.2 Å². The van der Waals surface area contributed by atoms with Crippen LogP contribution in [-0.2, 0) is 13.1 Å². The van der Waals surface area contributed by atoms with Crippen molar-refractivity contribution in [2.24, 2.45) is 0 Å². The molecule has 2 aromatic heterocycles. The Morgan fingerprint density at radius 2 is 2.18 bits per heavy atom. The summed E-state index contributed by atoms with van der Waals surface area (Å²) in [5, 5.41) is 11.4. The Kier molecular flexibility index (Phi) is 4.24. The number of benzene rings is 1. The van der Waals surface area contributed by atoms with Crippen LogP contribution in [0.1, 0.15) is 11.1 Å². The minimum Gasteiger partial charge on any atom is -0.311 e. The van der Waals surface area contributed by atoms with Crippen LogP contribution in [0, 0.1) is 12.7 Å². The summed E-state index contributed by atoms with van der Waals surface area (Å²) in [6, 6.07) is 5.10. The molecule has 0 atom stereocenters. The third-order valence-corrected chi connectivity index (χ3v) is 3.29. The number of nitrogens with zero attached hydrogens (tertiary/aromatic N) is 5. The first kappa shape index (κ1) is 14.4. The average molecular weight is 300 g/mol. The van der Waals surface area contributed by atoms with Gasteiger partial charge in [0.25, 0.3) is 0 Å². The van der Waals surface area contributed by atoms with Crippen LogP contribution < -0.4 is 5.32 Å². The van der Waals surface area contributed by atoms with E-state index in [0.717, 1.165) is 24.2 Å². The molecule has 3 aromatic rings. The van der Waals surface area contributed by atoms with Gasteiger partial charge in [0.15, 0.2) is 0 Å². The van der Waals surface area contributed by atoms with Crippen molar-refractivity contribution in [1.29, 1.82) is 0 Å². The van der Waals surface area contributed by atoms with E-state index in [0.29, 0.717) is 12.2 Å². The highest BCUT2D eigenvalue weighted by Gasteiger charge is 2.06. The molecule has 0 aliphatic heterocycles. The molecule has 0 aliphatic carbocycles. The fourth-order valence-corrected chi connectivity index (χ4v) is 2.19. The predicted molar refractivity (Wildman–Crippen MR) is 80.0 cm³/mol. The summed E-state index contributed by atoms with van der Waals surface area (Å²) >= 11 is 0. The third kappa shape index (κ3) is 3.37. The van der Waals surface area contributed by atoms with E-state index < -0.39 is 0 Å². The highest BCUT2D eigenvalue weighted by Crippen LogP contribution is 2.13. The van der Waals surface area contributed by atoms with Crippen LogP contribution in [0.15, 0.2) is 43.2 Å². The van der Waals surface area contributed by atoms with Crippen molar-refractivity contribution in [3.63, 3.8) is 0 Å². The lowest BCUT2D eigenvalue weighted by Gasteiger charge is -2.08. The van der Waals surface area contributed by atoms with Gasteiger partial charge in [0.1, 0.15) is 24.2 Å². The normalized spacial score (nSPS) is 11.0. The summed E-state index contributed by atoms with van der Waals surface area (Å²) in [6.45, 7) is 4.17. The van der Waals surface area contributed by atoms with E-state index in [1.54, 1.807) is 6.07 Å². The summed E-state index contributed by atoms with van der Waals surface area (Å²) in [5.41, 5.74) is 2.43. The quantitative estimate of drug-likeness (QED) is 0.704. The monoisotopic (exact) mass is 300 g/mol. The second-order valence-electron chi connectivity index (χ2n) is 5.08. The molecule has 0 fully saturated rings. The summed E-state index contributed by atoms with van der Waals surface area (Å²) in [6.07, 6.45) is 6.68. The molecule has 7 heteroatoms. The molecule has 0 aliphatic rings. The van der Waals surface area contributed by atoms with Gasteiger partial charge >= 0.3 is 0 Å². The highest BCUT2D eigenvalue weighted by molar-refractivity contribution is 5.35. The molecule has 114 valence electrons. The molecule has 1 N–H and O–H groups in total. The lowest BCUT2D eigenvalue weighted by molar-refractivity contribution is 0.552. The minimum atomic E-state index is -0.312. The van der Waals surface area contributed by atoms with Crippen LogP contribution in [0.3, 0.4) is 0 Å². The molecule has 6 nitrogen and oxygen atoms in total. The van der Waals surface area contributed by atoms with Crippen molar-refractivity contribution in [3.8, 4) is 5.69 Å².